The Hall–Kier alpha value is -1.86. The number of ether oxygens (including phenoxy) is 1. The molecule has 3 unspecified atom stereocenters. The molecule has 27 heavy (non-hydrogen) atoms. The highest BCUT2D eigenvalue weighted by Gasteiger charge is 2.37. The highest BCUT2D eigenvalue weighted by atomic mass is 127. The molecule has 0 aliphatic carbocycles. The van der Waals surface area contributed by atoms with Gasteiger partial charge in [-0.05, 0) is 52.4 Å². The number of aromatic nitrogens is 4. The molecule has 4 rings (SSSR count). The molecule has 0 spiro atoms. The van der Waals surface area contributed by atoms with Crippen LogP contribution in [0.3, 0.4) is 0 Å². The smallest absolute Gasteiger partial charge is 0.256 e. The molecular formula is C16H13ClIN5O4. The van der Waals surface area contributed by atoms with Crippen molar-refractivity contribution >= 4 is 57.1 Å². The average Bonchev–Trinajstić information content (AvgIpc) is 3.19. The van der Waals surface area contributed by atoms with Gasteiger partial charge in [0, 0.05) is 9.13 Å². The lowest BCUT2D eigenvalue weighted by Gasteiger charge is -2.16. The molecule has 0 bridgehead atoms. The Morgan fingerprint density at radius 2 is 2.19 bits per heavy atom. The minimum atomic E-state index is -1.14. The van der Waals surface area contributed by atoms with Gasteiger partial charge in [0.15, 0.2) is 23.2 Å². The number of fused-ring (bicyclic) bond motifs is 1. The fraction of sp³-hybridized carbons (Fsp3) is 0.250. The zero-order valence-corrected chi connectivity index (χ0v) is 16.5. The second-order valence-corrected chi connectivity index (χ2v) is 7.50. The van der Waals surface area contributed by atoms with Gasteiger partial charge in [0.1, 0.15) is 12.2 Å². The van der Waals surface area contributed by atoms with E-state index in [0.29, 0.717) is 5.56 Å². The highest BCUT2D eigenvalue weighted by molar-refractivity contribution is 14.1. The first kappa shape index (κ1) is 18.5. The standard InChI is InChI=1S/C16H13ClIN5O4/c17-16-21-12(20-14(26)7-2-1-3-8(18)4-7)10-13(22-16)23(6-19-10)15-11(25)9(24)5-27-15/h1-4,6,9,11,15,24-25H,5H2,(H,20,21,22,26). The molecule has 11 heteroatoms. The van der Waals surface area contributed by atoms with E-state index in [9.17, 15) is 15.0 Å². The number of rotatable bonds is 3. The summed E-state index contributed by atoms with van der Waals surface area (Å²) in [6, 6.07) is 7.07. The number of imidazole rings is 1. The van der Waals surface area contributed by atoms with Crippen molar-refractivity contribution in [1.29, 1.82) is 0 Å². The molecule has 1 fully saturated rings. The second kappa shape index (κ2) is 7.28. The van der Waals surface area contributed by atoms with Gasteiger partial charge in [0.05, 0.1) is 12.9 Å². The van der Waals surface area contributed by atoms with Crippen molar-refractivity contribution in [3.05, 3.63) is 45.0 Å². The van der Waals surface area contributed by atoms with Crippen LogP contribution in [0.2, 0.25) is 5.28 Å². The number of anilines is 1. The van der Waals surface area contributed by atoms with Crippen molar-refractivity contribution in [2.45, 2.75) is 18.4 Å². The lowest BCUT2D eigenvalue weighted by molar-refractivity contribution is -0.0162. The van der Waals surface area contributed by atoms with Crippen molar-refractivity contribution < 1.29 is 19.7 Å². The molecule has 9 nitrogen and oxygen atoms in total. The summed E-state index contributed by atoms with van der Waals surface area (Å²) in [5.41, 5.74) is 1.02. The van der Waals surface area contributed by atoms with Crippen LogP contribution in [-0.4, -0.2) is 54.5 Å². The van der Waals surface area contributed by atoms with E-state index in [0.717, 1.165) is 3.57 Å². The van der Waals surface area contributed by atoms with Crippen LogP contribution in [-0.2, 0) is 4.74 Å². The van der Waals surface area contributed by atoms with E-state index in [-0.39, 0.29) is 34.8 Å². The molecule has 3 atom stereocenters. The maximum Gasteiger partial charge on any atom is 0.256 e. The predicted octanol–water partition coefficient (Wildman–Crippen LogP) is 1.59. The van der Waals surface area contributed by atoms with Crippen molar-refractivity contribution in [3.63, 3.8) is 0 Å². The van der Waals surface area contributed by atoms with Gasteiger partial charge in [0.2, 0.25) is 5.28 Å². The van der Waals surface area contributed by atoms with E-state index in [1.165, 1.54) is 10.9 Å². The number of halogens is 2. The number of hydrogen-bond donors (Lipinski definition) is 3. The Morgan fingerprint density at radius 3 is 2.89 bits per heavy atom. The molecule has 1 amide bonds. The zero-order valence-electron chi connectivity index (χ0n) is 13.6. The lowest BCUT2D eigenvalue weighted by atomic mass is 10.2. The van der Waals surface area contributed by atoms with E-state index in [2.05, 4.69) is 42.9 Å². The quantitative estimate of drug-likeness (QED) is 0.368. The minimum absolute atomic E-state index is 0.0133. The molecule has 1 saturated heterocycles. The summed E-state index contributed by atoms with van der Waals surface area (Å²) in [5, 5.41) is 22.4. The van der Waals surface area contributed by atoms with E-state index in [4.69, 9.17) is 16.3 Å². The molecule has 2 aromatic heterocycles. The fourth-order valence-electron chi connectivity index (χ4n) is 2.80. The first-order valence-corrected chi connectivity index (χ1v) is 9.34. The van der Waals surface area contributed by atoms with Gasteiger partial charge >= 0.3 is 0 Å². The van der Waals surface area contributed by atoms with E-state index in [1.54, 1.807) is 18.2 Å². The van der Waals surface area contributed by atoms with Crippen LogP contribution in [0.5, 0.6) is 0 Å². The molecule has 1 aliphatic heterocycles. The number of nitrogens with one attached hydrogen (secondary N) is 1. The highest BCUT2D eigenvalue weighted by Crippen LogP contribution is 2.29. The summed E-state index contributed by atoms with van der Waals surface area (Å²) in [6.45, 7) is -0.0133. The van der Waals surface area contributed by atoms with Gasteiger partial charge in [-0.15, -0.1) is 0 Å². The Bertz CT molecular complexity index is 1030. The molecule has 3 heterocycles. The molecular weight excluding hydrogens is 489 g/mol. The Kier molecular flexibility index (Phi) is 4.99. The molecule has 1 aromatic carbocycles. The normalized spacial score (nSPS) is 22.3. The fourth-order valence-corrected chi connectivity index (χ4v) is 3.51. The van der Waals surface area contributed by atoms with Gasteiger partial charge in [-0.1, -0.05) is 6.07 Å². The average molecular weight is 502 g/mol. The van der Waals surface area contributed by atoms with Crippen molar-refractivity contribution in [2.24, 2.45) is 0 Å². The van der Waals surface area contributed by atoms with Crippen LogP contribution in [0, 0.1) is 3.57 Å². The number of aliphatic hydroxyl groups is 2. The van der Waals surface area contributed by atoms with Crippen LogP contribution in [0.25, 0.3) is 11.2 Å². The Labute approximate surface area is 171 Å². The molecule has 1 aliphatic rings. The SMILES string of the molecule is O=C(Nc1nc(Cl)nc2c1ncn2C1OCC(O)C1O)c1cccc(I)c1. The predicted molar refractivity (Wildman–Crippen MR) is 104 cm³/mol. The minimum Gasteiger partial charge on any atom is -0.388 e. The third-order valence-electron chi connectivity index (χ3n) is 4.11. The van der Waals surface area contributed by atoms with E-state index in [1.807, 2.05) is 6.07 Å². The number of amides is 1. The summed E-state index contributed by atoms with van der Waals surface area (Å²) in [5.74, 6) is -0.229. The summed E-state index contributed by atoms with van der Waals surface area (Å²) in [4.78, 5) is 24.9. The molecule has 0 saturated carbocycles. The van der Waals surface area contributed by atoms with Gasteiger partial charge in [0.25, 0.3) is 5.91 Å². The maximum atomic E-state index is 12.5. The van der Waals surface area contributed by atoms with Crippen LogP contribution in [0.1, 0.15) is 16.6 Å². The van der Waals surface area contributed by atoms with Crippen LogP contribution < -0.4 is 5.32 Å². The van der Waals surface area contributed by atoms with Crippen LogP contribution >= 0.6 is 34.2 Å². The maximum absolute atomic E-state index is 12.5. The van der Waals surface area contributed by atoms with Gasteiger partial charge < -0.3 is 20.3 Å². The summed E-state index contributed by atoms with van der Waals surface area (Å²) in [6.07, 6.45) is -1.62. The molecule has 140 valence electrons. The summed E-state index contributed by atoms with van der Waals surface area (Å²) >= 11 is 8.13. The number of carbonyl (C=O) groups is 1. The third kappa shape index (κ3) is 3.50. The van der Waals surface area contributed by atoms with Gasteiger partial charge in [-0.2, -0.15) is 9.97 Å². The molecule has 3 N–H and O–H groups in total. The zero-order chi connectivity index (χ0) is 19.1. The van der Waals surface area contributed by atoms with E-state index < -0.39 is 18.4 Å². The number of benzene rings is 1. The Balaban J connectivity index is 1.71. The number of hydrogen-bond acceptors (Lipinski definition) is 7. The van der Waals surface area contributed by atoms with Gasteiger partial charge in [-0.3, -0.25) is 9.36 Å². The van der Waals surface area contributed by atoms with E-state index >= 15 is 0 Å². The summed E-state index contributed by atoms with van der Waals surface area (Å²) < 4.78 is 7.77. The van der Waals surface area contributed by atoms with Crippen LogP contribution in [0.4, 0.5) is 5.82 Å². The van der Waals surface area contributed by atoms with Gasteiger partial charge in [-0.25, -0.2) is 4.98 Å². The number of carbonyl (C=O) groups excluding carboxylic acids is 1. The number of nitrogens with zero attached hydrogens (tertiary/aromatic N) is 4. The van der Waals surface area contributed by atoms with Crippen molar-refractivity contribution in [2.75, 3.05) is 11.9 Å². The first-order chi connectivity index (χ1) is 12.9. The molecule has 3 aromatic rings. The monoisotopic (exact) mass is 501 g/mol. The van der Waals surface area contributed by atoms with Crippen molar-refractivity contribution in [1.82, 2.24) is 19.5 Å². The molecule has 0 radical (unpaired) electrons. The summed E-state index contributed by atoms with van der Waals surface area (Å²) in [7, 11) is 0. The lowest BCUT2D eigenvalue weighted by Crippen LogP contribution is -2.28. The second-order valence-electron chi connectivity index (χ2n) is 5.91. The first-order valence-electron chi connectivity index (χ1n) is 7.89. The van der Waals surface area contributed by atoms with Crippen LogP contribution in [0.15, 0.2) is 30.6 Å². The Morgan fingerprint density at radius 1 is 1.37 bits per heavy atom. The largest absolute Gasteiger partial charge is 0.388 e. The van der Waals surface area contributed by atoms with Crippen molar-refractivity contribution in [3.8, 4) is 0 Å². The number of aliphatic hydroxyl groups excluding tert-OH is 2. The topological polar surface area (TPSA) is 122 Å². The third-order valence-corrected chi connectivity index (χ3v) is 4.95.